The molecule has 0 saturated heterocycles. The van der Waals surface area contributed by atoms with Gasteiger partial charge in [0.25, 0.3) is 0 Å². The third-order valence-electron chi connectivity index (χ3n) is 3.59. The molecule has 5 heteroatoms. The average Bonchev–Trinajstić information content (AvgIpc) is 2.80. The summed E-state index contributed by atoms with van der Waals surface area (Å²) < 4.78 is 0.963. The lowest BCUT2D eigenvalue weighted by Gasteiger charge is -2.27. The summed E-state index contributed by atoms with van der Waals surface area (Å²) in [6.45, 7) is 2.68. The van der Waals surface area contributed by atoms with Crippen LogP contribution >= 0.6 is 27.5 Å². The van der Waals surface area contributed by atoms with Crippen LogP contribution in [0.1, 0.15) is 17.2 Å². The first-order valence-corrected chi connectivity index (χ1v) is 7.84. The van der Waals surface area contributed by atoms with Gasteiger partial charge < -0.3 is 10.6 Å². The third kappa shape index (κ3) is 2.78. The molecule has 1 aliphatic rings. The summed E-state index contributed by atoms with van der Waals surface area (Å²) in [6, 6.07) is 14.2. The van der Waals surface area contributed by atoms with Gasteiger partial charge in [-0.25, -0.2) is 0 Å². The Kier molecular flexibility index (Phi) is 3.91. The van der Waals surface area contributed by atoms with E-state index in [-0.39, 0.29) is 6.04 Å². The number of nitrogens with two attached hydrogens (primary N) is 1. The van der Waals surface area contributed by atoms with Gasteiger partial charge in [0, 0.05) is 15.2 Å². The Morgan fingerprint density at radius 3 is 2.81 bits per heavy atom. The molecule has 0 fully saturated rings. The van der Waals surface area contributed by atoms with Crippen LogP contribution in [-0.4, -0.2) is 12.5 Å². The van der Waals surface area contributed by atoms with Crippen molar-refractivity contribution in [2.75, 3.05) is 11.4 Å². The van der Waals surface area contributed by atoms with Gasteiger partial charge in [0.2, 0.25) is 0 Å². The van der Waals surface area contributed by atoms with Crippen molar-refractivity contribution in [1.82, 2.24) is 0 Å². The standard InChI is InChI=1S/C16H15BrClN3/c1-10-3-2-4-12(7-10)21-15(9-20-16(21)19)13-6-5-11(17)8-14(13)18/h2-8,15H,9H2,1H3,(H2,19,20). The maximum atomic E-state index is 6.39. The summed E-state index contributed by atoms with van der Waals surface area (Å²) in [5, 5.41) is 0.719. The Morgan fingerprint density at radius 1 is 1.29 bits per heavy atom. The predicted octanol–water partition coefficient (Wildman–Crippen LogP) is 4.29. The Hall–Kier alpha value is -1.52. The van der Waals surface area contributed by atoms with E-state index in [0.29, 0.717) is 12.5 Å². The van der Waals surface area contributed by atoms with Gasteiger partial charge >= 0.3 is 0 Å². The van der Waals surface area contributed by atoms with Crippen LogP contribution in [0.3, 0.4) is 0 Å². The number of rotatable bonds is 2. The molecule has 21 heavy (non-hydrogen) atoms. The van der Waals surface area contributed by atoms with Crippen LogP contribution in [-0.2, 0) is 0 Å². The molecule has 0 radical (unpaired) electrons. The molecule has 108 valence electrons. The fourth-order valence-electron chi connectivity index (χ4n) is 2.60. The summed E-state index contributed by atoms with van der Waals surface area (Å²) >= 11 is 9.83. The van der Waals surface area contributed by atoms with Crippen molar-refractivity contribution in [1.29, 1.82) is 0 Å². The molecule has 1 heterocycles. The lowest BCUT2D eigenvalue weighted by Crippen LogP contribution is -2.36. The van der Waals surface area contributed by atoms with Crippen LogP contribution in [0.2, 0.25) is 5.02 Å². The highest BCUT2D eigenvalue weighted by Gasteiger charge is 2.30. The van der Waals surface area contributed by atoms with E-state index in [9.17, 15) is 0 Å². The summed E-state index contributed by atoms with van der Waals surface area (Å²) in [5.41, 5.74) is 9.35. The van der Waals surface area contributed by atoms with E-state index in [0.717, 1.165) is 20.7 Å². The molecule has 0 aromatic heterocycles. The van der Waals surface area contributed by atoms with Crippen molar-refractivity contribution in [2.24, 2.45) is 10.7 Å². The predicted molar refractivity (Wildman–Crippen MR) is 92.0 cm³/mol. The van der Waals surface area contributed by atoms with Gasteiger partial charge in [0.05, 0.1) is 12.6 Å². The summed E-state index contributed by atoms with van der Waals surface area (Å²) in [4.78, 5) is 6.44. The van der Waals surface area contributed by atoms with Crippen LogP contribution in [0.25, 0.3) is 0 Å². The quantitative estimate of drug-likeness (QED) is 0.864. The van der Waals surface area contributed by atoms with Crippen LogP contribution in [0, 0.1) is 6.92 Å². The molecule has 3 rings (SSSR count). The minimum absolute atomic E-state index is 0.0346. The van der Waals surface area contributed by atoms with E-state index in [1.54, 1.807) is 0 Å². The maximum Gasteiger partial charge on any atom is 0.196 e. The number of hydrogen-bond acceptors (Lipinski definition) is 3. The lowest BCUT2D eigenvalue weighted by atomic mass is 10.1. The third-order valence-corrected chi connectivity index (χ3v) is 4.41. The van der Waals surface area contributed by atoms with Gasteiger partial charge in [-0.15, -0.1) is 0 Å². The zero-order valence-corrected chi connectivity index (χ0v) is 13.9. The zero-order chi connectivity index (χ0) is 15.0. The number of anilines is 1. The number of aryl methyl sites for hydroxylation is 1. The van der Waals surface area contributed by atoms with Gasteiger partial charge in [-0.3, -0.25) is 4.99 Å². The second kappa shape index (κ2) is 5.70. The molecule has 0 amide bonds. The summed E-state index contributed by atoms with van der Waals surface area (Å²) in [7, 11) is 0. The average molecular weight is 365 g/mol. The molecule has 1 unspecified atom stereocenters. The number of aliphatic imine (C=N–C) groups is 1. The van der Waals surface area contributed by atoms with E-state index in [1.807, 2.05) is 35.2 Å². The topological polar surface area (TPSA) is 41.6 Å². The Bertz CT molecular complexity index is 714. The van der Waals surface area contributed by atoms with Crippen molar-refractivity contribution >= 4 is 39.2 Å². The lowest BCUT2D eigenvalue weighted by molar-refractivity contribution is 0.768. The van der Waals surface area contributed by atoms with Crippen LogP contribution in [0.15, 0.2) is 51.9 Å². The van der Waals surface area contributed by atoms with Crippen molar-refractivity contribution in [2.45, 2.75) is 13.0 Å². The fraction of sp³-hybridized carbons (Fsp3) is 0.188. The molecule has 2 aromatic carbocycles. The Balaban J connectivity index is 2.03. The number of hydrogen-bond donors (Lipinski definition) is 1. The van der Waals surface area contributed by atoms with E-state index >= 15 is 0 Å². The highest BCUT2D eigenvalue weighted by atomic mass is 79.9. The molecule has 0 bridgehead atoms. The molecular weight excluding hydrogens is 350 g/mol. The molecule has 3 nitrogen and oxygen atoms in total. The normalized spacial score (nSPS) is 18.0. The van der Waals surface area contributed by atoms with Gasteiger partial charge in [0.1, 0.15) is 0 Å². The minimum Gasteiger partial charge on any atom is -0.369 e. The molecule has 2 aromatic rings. The molecule has 0 aliphatic carbocycles. The Morgan fingerprint density at radius 2 is 2.10 bits per heavy atom. The first kappa shape index (κ1) is 14.4. The maximum absolute atomic E-state index is 6.39. The summed E-state index contributed by atoms with van der Waals surface area (Å²) in [6.07, 6.45) is 0. The molecule has 0 saturated carbocycles. The highest BCUT2D eigenvalue weighted by molar-refractivity contribution is 9.10. The number of benzene rings is 2. The van der Waals surface area contributed by atoms with Gasteiger partial charge in [0.15, 0.2) is 5.96 Å². The van der Waals surface area contributed by atoms with Crippen molar-refractivity contribution < 1.29 is 0 Å². The van der Waals surface area contributed by atoms with Crippen LogP contribution in [0.4, 0.5) is 5.69 Å². The van der Waals surface area contributed by atoms with E-state index in [2.05, 4.69) is 40.0 Å². The minimum atomic E-state index is 0.0346. The van der Waals surface area contributed by atoms with E-state index in [1.165, 1.54) is 5.56 Å². The Labute approximate surface area is 137 Å². The number of halogens is 2. The zero-order valence-electron chi connectivity index (χ0n) is 11.6. The number of guanidine groups is 1. The van der Waals surface area contributed by atoms with Gasteiger partial charge in [-0.1, -0.05) is 45.7 Å². The van der Waals surface area contributed by atoms with Crippen LogP contribution < -0.4 is 10.6 Å². The molecule has 2 N–H and O–H groups in total. The van der Waals surface area contributed by atoms with Crippen molar-refractivity contribution in [3.63, 3.8) is 0 Å². The second-order valence-electron chi connectivity index (χ2n) is 5.09. The first-order valence-electron chi connectivity index (χ1n) is 6.67. The molecule has 0 spiro atoms. The fourth-order valence-corrected chi connectivity index (χ4v) is 3.40. The molecular formula is C16H15BrClN3. The highest BCUT2D eigenvalue weighted by Crippen LogP contribution is 2.35. The van der Waals surface area contributed by atoms with E-state index < -0.39 is 0 Å². The largest absolute Gasteiger partial charge is 0.369 e. The first-order chi connectivity index (χ1) is 10.1. The smallest absolute Gasteiger partial charge is 0.196 e. The monoisotopic (exact) mass is 363 g/mol. The van der Waals surface area contributed by atoms with Gasteiger partial charge in [-0.05, 0) is 42.3 Å². The molecule has 1 aliphatic heterocycles. The number of nitrogens with zero attached hydrogens (tertiary/aromatic N) is 2. The van der Waals surface area contributed by atoms with E-state index in [4.69, 9.17) is 17.3 Å². The SMILES string of the molecule is Cc1cccc(N2C(N)=NCC2c2ccc(Br)cc2Cl)c1. The summed E-state index contributed by atoms with van der Waals surface area (Å²) in [5.74, 6) is 0.532. The van der Waals surface area contributed by atoms with Gasteiger partial charge in [-0.2, -0.15) is 0 Å². The molecule has 1 atom stereocenters. The van der Waals surface area contributed by atoms with Crippen molar-refractivity contribution in [3.05, 3.63) is 63.1 Å². The second-order valence-corrected chi connectivity index (χ2v) is 6.41. The van der Waals surface area contributed by atoms with Crippen LogP contribution in [0.5, 0.6) is 0 Å². The van der Waals surface area contributed by atoms with Crippen molar-refractivity contribution in [3.8, 4) is 0 Å².